The number of nitrogens with zero attached hydrogens (tertiary/aromatic N) is 2. The number of hydrogen-bond donors (Lipinski definition) is 1. The lowest BCUT2D eigenvalue weighted by Gasteiger charge is -2.33. The fourth-order valence-electron chi connectivity index (χ4n) is 4.44. The van der Waals surface area contributed by atoms with Gasteiger partial charge in [-0.2, -0.15) is 0 Å². The number of benzene rings is 3. The minimum Gasteiger partial charge on any atom is -0.497 e. The van der Waals surface area contributed by atoms with Crippen LogP contribution in [0.2, 0.25) is 0 Å². The van der Waals surface area contributed by atoms with Crippen molar-refractivity contribution in [3.63, 3.8) is 0 Å². The van der Waals surface area contributed by atoms with Gasteiger partial charge in [-0.1, -0.05) is 48.5 Å². The van der Waals surface area contributed by atoms with Crippen LogP contribution in [0.25, 0.3) is 0 Å². The highest BCUT2D eigenvalue weighted by atomic mass is 32.2. The summed E-state index contributed by atoms with van der Waals surface area (Å²) < 4.78 is 5.24. The van der Waals surface area contributed by atoms with Crippen molar-refractivity contribution in [1.29, 1.82) is 0 Å². The molecular weight excluding hydrogens is 450 g/mol. The fraction of sp³-hybridized carbons (Fsp3) is 0.192. The SMILES string of the molecule is COc1ccc(N2C(=O)CSC23C(=O)N(CC(=O)NCc2ccccc2)c2ccccc23)cc1. The molecule has 0 bridgehead atoms. The van der Waals surface area contributed by atoms with Gasteiger partial charge in [0.05, 0.1) is 18.6 Å². The minimum absolute atomic E-state index is 0.129. The zero-order valence-electron chi connectivity index (χ0n) is 18.6. The molecule has 0 aromatic heterocycles. The first-order valence-corrected chi connectivity index (χ1v) is 11.9. The third kappa shape index (κ3) is 3.60. The molecule has 3 amide bonds. The lowest BCUT2D eigenvalue weighted by molar-refractivity contribution is -0.125. The number of rotatable bonds is 6. The van der Waals surface area contributed by atoms with Gasteiger partial charge in [-0.15, -0.1) is 11.8 Å². The van der Waals surface area contributed by atoms with E-state index in [4.69, 9.17) is 4.74 Å². The van der Waals surface area contributed by atoms with Crippen molar-refractivity contribution in [3.05, 3.63) is 90.0 Å². The monoisotopic (exact) mass is 473 g/mol. The normalized spacial score (nSPS) is 19.0. The summed E-state index contributed by atoms with van der Waals surface area (Å²) in [5.41, 5.74) is 2.93. The van der Waals surface area contributed by atoms with Crippen molar-refractivity contribution in [2.24, 2.45) is 0 Å². The standard InChI is InChI=1S/C26H23N3O4S/c1-33-20-13-11-19(12-14-20)29-24(31)17-34-26(29)21-9-5-6-10-22(21)28(25(26)32)16-23(30)27-15-18-7-3-2-4-8-18/h2-14H,15-17H2,1H3,(H,27,30). The van der Waals surface area contributed by atoms with Gasteiger partial charge in [0, 0.05) is 17.8 Å². The van der Waals surface area contributed by atoms with Crippen molar-refractivity contribution in [2.45, 2.75) is 11.4 Å². The number of ether oxygens (including phenoxy) is 1. The van der Waals surface area contributed by atoms with E-state index in [0.29, 0.717) is 29.2 Å². The number of methoxy groups -OCH3 is 1. The second kappa shape index (κ2) is 8.87. The Kier molecular flexibility index (Phi) is 5.75. The summed E-state index contributed by atoms with van der Waals surface area (Å²) in [7, 11) is 1.57. The Bertz CT molecular complexity index is 1250. The van der Waals surface area contributed by atoms with E-state index in [9.17, 15) is 14.4 Å². The van der Waals surface area contributed by atoms with Crippen LogP contribution in [0.5, 0.6) is 5.75 Å². The molecule has 3 aromatic rings. The minimum atomic E-state index is -1.25. The summed E-state index contributed by atoms with van der Waals surface area (Å²) in [6.07, 6.45) is 0. The largest absolute Gasteiger partial charge is 0.497 e. The van der Waals surface area contributed by atoms with Crippen LogP contribution in [-0.2, 0) is 25.8 Å². The molecule has 1 spiro atoms. The first kappa shape index (κ1) is 22.0. The van der Waals surface area contributed by atoms with E-state index in [1.165, 1.54) is 16.7 Å². The van der Waals surface area contributed by atoms with Gasteiger partial charge in [0.15, 0.2) is 0 Å². The molecule has 2 aliphatic rings. The molecule has 1 atom stereocenters. The topological polar surface area (TPSA) is 79.0 Å². The average Bonchev–Trinajstić information content (AvgIpc) is 3.34. The molecule has 1 N–H and O–H groups in total. The number of carbonyl (C=O) groups excluding carboxylic acids is 3. The molecule has 2 aliphatic heterocycles. The quantitative estimate of drug-likeness (QED) is 0.595. The highest BCUT2D eigenvalue weighted by molar-refractivity contribution is 8.02. The van der Waals surface area contributed by atoms with Crippen molar-refractivity contribution in [3.8, 4) is 5.75 Å². The number of para-hydroxylation sites is 1. The van der Waals surface area contributed by atoms with Crippen molar-refractivity contribution in [1.82, 2.24) is 5.32 Å². The maximum absolute atomic E-state index is 14.0. The summed E-state index contributed by atoms with van der Waals surface area (Å²) in [6.45, 7) is 0.245. The van der Waals surface area contributed by atoms with E-state index in [2.05, 4.69) is 5.32 Å². The Morgan fingerprint density at radius 2 is 1.71 bits per heavy atom. The molecule has 0 aliphatic carbocycles. The van der Waals surface area contributed by atoms with Crippen molar-refractivity contribution >= 4 is 40.9 Å². The van der Waals surface area contributed by atoms with Crippen LogP contribution in [0.15, 0.2) is 78.9 Å². The summed E-state index contributed by atoms with van der Waals surface area (Å²) in [5.74, 6) is 0.102. The van der Waals surface area contributed by atoms with Gasteiger partial charge in [0.25, 0.3) is 5.91 Å². The molecule has 1 saturated heterocycles. The third-order valence-electron chi connectivity index (χ3n) is 6.03. The number of amides is 3. The molecule has 8 heteroatoms. The first-order valence-electron chi connectivity index (χ1n) is 10.9. The second-order valence-corrected chi connectivity index (χ2v) is 9.20. The third-order valence-corrected chi connectivity index (χ3v) is 7.41. The summed E-state index contributed by atoms with van der Waals surface area (Å²) in [4.78, 5) is 41.6. The Labute approximate surface area is 201 Å². The maximum Gasteiger partial charge on any atom is 0.269 e. The number of thioether (sulfide) groups is 1. The summed E-state index contributed by atoms with van der Waals surface area (Å²) in [6, 6.07) is 24.0. The Morgan fingerprint density at radius 3 is 2.44 bits per heavy atom. The Balaban J connectivity index is 1.46. The lowest BCUT2D eigenvalue weighted by Crippen LogP contribution is -2.51. The number of anilines is 2. The van der Waals surface area contributed by atoms with Gasteiger partial charge in [0.1, 0.15) is 12.3 Å². The zero-order valence-corrected chi connectivity index (χ0v) is 19.4. The van der Waals surface area contributed by atoms with E-state index in [1.807, 2.05) is 54.6 Å². The molecule has 3 aromatic carbocycles. The lowest BCUT2D eigenvalue weighted by atomic mass is 10.0. The highest BCUT2D eigenvalue weighted by Crippen LogP contribution is 2.55. The van der Waals surface area contributed by atoms with Gasteiger partial charge in [0.2, 0.25) is 16.7 Å². The zero-order chi connectivity index (χ0) is 23.7. The molecule has 2 heterocycles. The van der Waals surface area contributed by atoms with Gasteiger partial charge >= 0.3 is 0 Å². The fourth-order valence-corrected chi connectivity index (χ4v) is 5.80. The van der Waals surface area contributed by atoms with Crippen LogP contribution in [0.3, 0.4) is 0 Å². The first-order chi connectivity index (χ1) is 16.5. The van der Waals surface area contributed by atoms with E-state index < -0.39 is 4.87 Å². The molecule has 34 heavy (non-hydrogen) atoms. The van der Waals surface area contributed by atoms with Crippen molar-refractivity contribution < 1.29 is 19.1 Å². The predicted octanol–water partition coefficient (Wildman–Crippen LogP) is 3.29. The smallest absolute Gasteiger partial charge is 0.269 e. The number of nitrogens with one attached hydrogen (secondary N) is 1. The van der Waals surface area contributed by atoms with Crippen LogP contribution < -0.4 is 19.9 Å². The molecule has 7 nitrogen and oxygen atoms in total. The van der Waals surface area contributed by atoms with Gasteiger partial charge in [-0.05, 0) is 35.9 Å². The Morgan fingerprint density at radius 1 is 1.00 bits per heavy atom. The molecule has 1 fully saturated rings. The maximum atomic E-state index is 14.0. The van der Waals surface area contributed by atoms with Gasteiger partial charge < -0.3 is 10.1 Å². The summed E-state index contributed by atoms with van der Waals surface area (Å²) in [5, 5.41) is 2.89. The molecule has 172 valence electrons. The highest BCUT2D eigenvalue weighted by Gasteiger charge is 2.61. The van der Waals surface area contributed by atoms with Crippen molar-refractivity contribution in [2.75, 3.05) is 29.2 Å². The number of fused-ring (bicyclic) bond motifs is 2. The van der Waals surface area contributed by atoms with E-state index >= 15 is 0 Å². The number of carbonyl (C=O) groups is 3. The Hall–Kier alpha value is -3.78. The van der Waals surface area contributed by atoms with Crippen LogP contribution in [-0.4, -0.2) is 37.1 Å². The molecule has 5 rings (SSSR count). The number of hydrogen-bond acceptors (Lipinski definition) is 5. The predicted molar refractivity (Wildman–Crippen MR) is 132 cm³/mol. The molecular formula is C26H23N3O4S. The molecule has 0 saturated carbocycles. The van der Waals surface area contributed by atoms with Gasteiger partial charge in [-0.25, -0.2) is 0 Å². The average molecular weight is 474 g/mol. The van der Waals surface area contributed by atoms with Gasteiger partial charge in [-0.3, -0.25) is 24.2 Å². The van der Waals surface area contributed by atoms with Crippen LogP contribution >= 0.6 is 11.8 Å². The van der Waals surface area contributed by atoms with Crippen LogP contribution in [0.1, 0.15) is 11.1 Å². The second-order valence-electron chi connectivity index (χ2n) is 8.03. The van der Waals surface area contributed by atoms with Crippen LogP contribution in [0, 0.1) is 0 Å². The molecule has 1 unspecified atom stereocenters. The van der Waals surface area contributed by atoms with E-state index in [1.54, 1.807) is 36.3 Å². The summed E-state index contributed by atoms with van der Waals surface area (Å²) >= 11 is 1.29. The van der Waals surface area contributed by atoms with E-state index in [0.717, 1.165) is 5.56 Å². The van der Waals surface area contributed by atoms with E-state index in [-0.39, 0.29) is 30.0 Å². The molecule has 0 radical (unpaired) electrons. The van der Waals surface area contributed by atoms with Crippen LogP contribution in [0.4, 0.5) is 11.4 Å².